The number of aromatic nitrogens is 3. The van der Waals surface area contributed by atoms with Gasteiger partial charge in [-0.25, -0.2) is 9.37 Å². The van der Waals surface area contributed by atoms with E-state index in [9.17, 15) is 9.18 Å². The number of halogens is 1. The molecule has 1 saturated heterocycles. The van der Waals surface area contributed by atoms with Gasteiger partial charge in [0, 0.05) is 25.8 Å². The van der Waals surface area contributed by atoms with Gasteiger partial charge in [-0.3, -0.25) is 9.89 Å². The van der Waals surface area contributed by atoms with Crippen LogP contribution in [0.4, 0.5) is 4.39 Å². The van der Waals surface area contributed by atoms with Crippen LogP contribution in [-0.4, -0.2) is 52.3 Å². The second-order valence-corrected chi connectivity index (χ2v) is 7.33. The molecule has 0 bridgehead atoms. The van der Waals surface area contributed by atoms with E-state index in [0.29, 0.717) is 31.6 Å². The van der Waals surface area contributed by atoms with Crippen LogP contribution in [0.3, 0.4) is 0 Å². The lowest BCUT2D eigenvalue weighted by atomic mass is 9.93. The second kappa shape index (κ2) is 6.46. The Labute approximate surface area is 151 Å². The highest BCUT2D eigenvalue weighted by molar-refractivity contribution is 5.91. The van der Waals surface area contributed by atoms with Crippen LogP contribution in [0.5, 0.6) is 0 Å². The summed E-state index contributed by atoms with van der Waals surface area (Å²) in [6.07, 6.45) is 2.07. The van der Waals surface area contributed by atoms with Crippen molar-refractivity contribution in [3.8, 4) is 0 Å². The Morgan fingerprint density at radius 3 is 2.85 bits per heavy atom. The van der Waals surface area contributed by atoms with Crippen LogP contribution in [0.15, 0.2) is 24.3 Å². The average Bonchev–Trinajstić information content (AvgIpc) is 3.11. The van der Waals surface area contributed by atoms with Gasteiger partial charge in [0.1, 0.15) is 11.6 Å². The lowest BCUT2D eigenvalue weighted by Gasteiger charge is -2.28. The average molecular weight is 358 g/mol. The van der Waals surface area contributed by atoms with Crippen LogP contribution in [0.1, 0.15) is 42.4 Å². The molecule has 1 aromatic heterocycles. The van der Waals surface area contributed by atoms with Gasteiger partial charge in [-0.1, -0.05) is 18.2 Å². The first-order valence-electron chi connectivity index (χ1n) is 9.02. The summed E-state index contributed by atoms with van der Waals surface area (Å²) in [7, 11) is 1.77. The van der Waals surface area contributed by atoms with Gasteiger partial charge in [0.15, 0.2) is 5.82 Å². The van der Waals surface area contributed by atoms with E-state index < -0.39 is 5.41 Å². The van der Waals surface area contributed by atoms with Crippen LogP contribution >= 0.6 is 0 Å². The molecule has 2 heterocycles. The van der Waals surface area contributed by atoms with Crippen molar-refractivity contribution < 1.29 is 13.9 Å². The van der Waals surface area contributed by atoms with Crippen molar-refractivity contribution in [1.29, 1.82) is 0 Å². The van der Waals surface area contributed by atoms with Crippen LogP contribution in [0.2, 0.25) is 0 Å². The Balaban J connectivity index is 1.48. The zero-order chi connectivity index (χ0) is 18.3. The standard InChI is InChI=1S/C19H23FN4O2/c1-12-21-17(23-22-12)13-7-10-26-16(13)11-24(2)18(25)19(8-9-19)14-5-3-4-6-15(14)20/h3-6,13,16H,7-11H2,1-2H3,(H,21,22,23)/t13-,16-/m1/s1. The highest BCUT2D eigenvalue weighted by Gasteiger charge is 2.54. The monoisotopic (exact) mass is 358 g/mol. The fraction of sp³-hybridized carbons (Fsp3) is 0.526. The van der Waals surface area contributed by atoms with Crippen molar-refractivity contribution in [3.05, 3.63) is 47.3 Å². The minimum absolute atomic E-state index is 0.0389. The molecule has 1 aliphatic carbocycles. The fourth-order valence-corrected chi connectivity index (χ4v) is 3.94. The van der Waals surface area contributed by atoms with E-state index in [1.165, 1.54) is 6.07 Å². The molecule has 138 valence electrons. The molecular weight excluding hydrogens is 335 g/mol. The number of ether oxygens (including phenoxy) is 1. The number of nitrogens with zero attached hydrogens (tertiary/aromatic N) is 3. The molecule has 1 aliphatic heterocycles. The maximum Gasteiger partial charge on any atom is 0.233 e. The lowest BCUT2D eigenvalue weighted by molar-refractivity contribution is -0.134. The molecule has 0 spiro atoms. The molecule has 2 aromatic rings. The summed E-state index contributed by atoms with van der Waals surface area (Å²) < 4.78 is 20.1. The fourth-order valence-electron chi connectivity index (χ4n) is 3.94. The number of aromatic amines is 1. The second-order valence-electron chi connectivity index (χ2n) is 7.33. The molecule has 1 aromatic carbocycles. The Hall–Kier alpha value is -2.28. The molecule has 2 fully saturated rings. The van der Waals surface area contributed by atoms with Crippen LogP contribution in [0.25, 0.3) is 0 Å². The molecule has 1 amide bonds. The molecule has 0 radical (unpaired) electrons. The molecule has 4 rings (SSSR count). The van der Waals surface area contributed by atoms with Gasteiger partial charge in [0.25, 0.3) is 0 Å². The van der Waals surface area contributed by atoms with E-state index in [1.807, 2.05) is 6.92 Å². The highest BCUT2D eigenvalue weighted by Crippen LogP contribution is 2.50. The normalized spacial score (nSPS) is 23.8. The quantitative estimate of drug-likeness (QED) is 0.890. The summed E-state index contributed by atoms with van der Waals surface area (Å²) in [5, 5.41) is 7.12. The minimum atomic E-state index is -0.713. The van der Waals surface area contributed by atoms with Crippen LogP contribution in [-0.2, 0) is 14.9 Å². The van der Waals surface area contributed by atoms with Gasteiger partial charge in [-0.2, -0.15) is 5.10 Å². The predicted octanol–water partition coefficient (Wildman–Crippen LogP) is 2.31. The maximum absolute atomic E-state index is 14.2. The molecule has 7 heteroatoms. The number of hydrogen-bond donors (Lipinski definition) is 1. The zero-order valence-electron chi connectivity index (χ0n) is 15.0. The van der Waals surface area contributed by atoms with Gasteiger partial charge in [-0.05, 0) is 32.3 Å². The Bertz CT molecular complexity index is 817. The molecule has 26 heavy (non-hydrogen) atoms. The third-order valence-corrected chi connectivity index (χ3v) is 5.51. The summed E-state index contributed by atoms with van der Waals surface area (Å²) in [6.45, 7) is 2.94. The van der Waals surface area contributed by atoms with E-state index in [4.69, 9.17) is 4.74 Å². The Kier molecular flexibility index (Phi) is 4.26. The van der Waals surface area contributed by atoms with Gasteiger partial charge in [0.05, 0.1) is 17.4 Å². The molecule has 2 atom stereocenters. The number of amides is 1. The Morgan fingerprint density at radius 1 is 1.42 bits per heavy atom. The van der Waals surface area contributed by atoms with Crippen molar-refractivity contribution in [1.82, 2.24) is 20.1 Å². The van der Waals surface area contributed by atoms with Crippen molar-refractivity contribution in [3.63, 3.8) is 0 Å². The van der Waals surface area contributed by atoms with E-state index >= 15 is 0 Å². The molecular formula is C19H23FN4O2. The molecule has 1 saturated carbocycles. The number of rotatable bonds is 5. The van der Waals surface area contributed by atoms with Gasteiger partial charge < -0.3 is 9.64 Å². The number of likely N-dealkylation sites (N-methyl/N-ethyl adjacent to an activating group) is 1. The number of H-pyrrole nitrogens is 1. The number of aryl methyl sites for hydroxylation is 1. The van der Waals surface area contributed by atoms with Gasteiger partial charge >= 0.3 is 0 Å². The van der Waals surface area contributed by atoms with Crippen LogP contribution < -0.4 is 0 Å². The first-order chi connectivity index (χ1) is 12.5. The summed E-state index contributed by atoms with van der Waals surface area (Å²) in [4.78, 5) is 19.2. The van der Waals surface area contributed by atoms with Crippen molar-refractivity contribution in [2.75, 3.05) is 20.2 Å². The number of hydrogen-bond acceptors (Lipinski definition) is 4. The summed E-state index contributed by atoms with van der Waals surface area (Å²) >= 11 is 0. The first-order valence-corrected chi connectivity index (χ1v) is 9.02. The predicted molar refractivity (Wildman–Crippen MR) is 93.2 cm³/mol. The Morgan fingerprint density at radius 2 is 2.19 bits per heavy atom. The third-order valence-electron chi connectivity index (χ3n) is 5.51. The first kappa shape index (κ1) is 17.1. The molecule has 6 nitrogen and oxygen atoms in total. The largest absolute Gasteiger partial charge is 0.376 e. The van der Waals surface area contributed by atoms with E-state index in [1.54, 1.807) is 30.1 Å². The van der Waals surface area contributed by atoms with E-state index in [-0.39, 0.29) is 23.7 Å². The zero-order valence-corrected chi connectivity index (χ0v) is 15.0. The van der Waals surface area contributed by atoms with E-state index in [0.717, 1.165) is 18.1 Å². The molecule has 0 unspecified atom stereocenters. The van der Waals surface area contributed by atoms with E-state index in [2.05, 4.69) is 15.2 Å². The third kappa shape index (κ3) is 2.90. The molecule has 2 aliphatic rings. The summed E-state index contributed by atoms with van der Waals surface area (Å²) in [6, 6.07) is 6.58. The number of carbonyl (C=O) groups excluding carboxylic acids is 1. The maximum atomic E-state index is 14.2. The number of nitrogens with one attached hydrogen (secondary N) is 1. The van der Waals surface area contributed by atoms with Crippen LogP contribution in [0, 0.1) is 12.7 Å². The highest BCUT2D eigenvalue weighted by atomic mass is 19.1. The topological polar surface area (TPSA) is 71.1 Å². The minimum Gasteiger partial charge on any atom is -0.376 e. The van der Waals surface area contributed by atoms with Crippen molar-refractivity contribution in [2.24, 2.45) is 0 Å². The smallest absolute Gasteiger partial charge is 0.233 e. The van der Waals surface area contributed by atoms with Gasteiger partial charge in [-0.15, -0.1) is 0 Å². The molecule has 1 N–H and O–H groups in total. The SMILES string of the molecule is Cc1nc([C@@H]2CCO[C@@H]2CN(C)C(=O)C2(c3ccccc3F)CC2)n[nH]1. The van der Waals surface area contributed by atoms with Crippen molar-refractivity contribution >= 4 is 5.91 Å². The van der Waals surface area contributed by atoms with Crippen molar-refractivity contribution in [2.45, 2.75) is 43.6 Å². The number of benzene rings is 1. The number of carbonyl (C=O) groups is 1. The lowest BCUT2D eigenvalue weighted by Crippen LogP contribution is -2.42. The summed E-state index contributed by atoms with van der Waals surface area (Å²) in [5.74, 6) is 1.23. The van der Waals surface area contributed by atoms with Gasteiger partial charge in [0.2, 0.25) is 5.91 Å². The summed E-state index contributed by atoms with van der Waals surface area (Å²) in [5.41, 5.74) is -0.208.